The molecule has 7 heteroatoms. The molecule has 2 aromatic carbocycles. The Morgan fingerprint density at radius 1 is 0.903 bits per heavy atom. The van der Waals surface area contributed by atoms with Gasteiger partial charge in [-0.15, -0.1) is 5.10 Å². The normalized spacial score (nSPS) is 15.0. The van der Waals surface area contributed by atoms with Crippen LogP contribution >= 0.6 is 0 Å². The average molecular weight is 419 g/mol. The van der Waals surface area contributed by atoms with Crippen molar-refractivity contribution in [1.82, 2.24) is 19.5 Å². The van der Waals surface area contributed by atoms with Gasteiger partial charge in [0, 0.05) is 49.9 Å². The van der Waals surface area contributed by atoms with Gasteiger partial charge in [-0.05, 0) is 25.1 Å². The number of imidazole rings is 1. The second-order valence-corrected chi connectivity index (χ2v) is 7.87. The van der Waals surface area contributed by atoms with E-state index in [0.717, 1.165) is 60.7 Å². The Morgan fingerprint density at radius 2 is 1.68 bits per heavy atom. The number of benzene rings is 2. The van der Waals surface area contributed by atoms with Crippen LogP contribution in [0.25, 0.3) is 16.9 Å². The second kappa shape index (κ2) is 8.07. The average Bonchev–Trinajstić information content (AvgIpc) is 3.13. The smallest absolute Gasteiger partial charge is 0.154 e. The number of fused-ring (bicyclic) bond motifs is 1. The Bertz CT molecular complexity index is 1210. The quantitative estimate of drug-likeness (QED) is 0.494. The number of rotatable bonds is 4. The topological polar surface area (TPSA) is 36.7 Å². The van der Waals surface area contributed by atoms with Crippen LogP contribution in [0.15, 0.2) is 60.7 Å². The Hall–Kier alpha value is -3.32. The zero-order chi connectivity index (χ0) is 21.4. The molecule has 0 saturated carbocycles. The summed E-state index contributed by atoms with van der Waals surface area (Å²) in [5, 5.41) is 4.84. The molecule has 5 rings (SSSR count). The van der Waals surface area contributed by atoms with Gasteiger partial charge in [-0.2, -0.15) is 0 Å². The van der Waals surface area contributed by atoms with Gasteiger partial charge >= 0.3 is 0 Å². The maximum absolute atomic E-state index is 14.0. The minimum atomic E-state index is -0.544. The van der Waals surface area contributed by atoms with Crippen LogP contribution in [0, 0.1) is 18.6 Å². The first-order chi connectivity index (χ1) is 15.1. The molecule has 2 aromatic heterocycles. The first-order valence-electron chi connectivity index (χ1n) is 10.4. The fourth-order valence-electron chi connectivity index (χ4n) is 4.10. The van der Waals surface area contributed by atoms with Gasteiger partial charge in [-0.1, -0.05) is 36.4 Å². The second-order valence-electron chi connectivity index (χ2n) is 7.87. The molecule has 0 aliphatic carbocycles. The van der Waals surface area contributed by atoms with E-state index >= 15 is 0 Å². The van der Waals surface area contributed by atoms with Gasteiger partial charge in [0.1, 0.15) is 17.5 Å². The summed E-state index contributed by atoms with van der Waals surface area (Å²) < 4.78 is 29.0. The maximum Gasteiger partial charge on any atom is 0.154 e. The van der Waals surface area contributed by atoms with Gasteiger partial charge in [0.2, 0.25) is 0 Å². The lowest BCUT2D eigenvalue weighted by molar-refractivity contribution is 0.245. The summed E-state index contributed by atoms with van der Waals surface area (Å²) in [5.74, 6) is -0.127. The number of hydrogen-bond donors (Lipinski definition) is 0. The van der Waals surface area contributed by atoms with E-state index in [-0.39, 0.29) is 0 Å². The number of aryl methyl sites for hydroxylation is 1. The van der Waals surface area contributed by atoms with E-state index < -0.39 is 11.6 Å². The molecule has 5 nitrogen and oxygen atoms in total. The van der Waals surface area contributed by atoms with Gasteiger partial charge in [0.15, 0.2) is 5.65 Å². The summed E-state index contributed by atoms with van der Waals surface area (Å²) in [7, 11) is 0. The van der Waals surface area contributed by atoms with Crippen LogP contribution in [0.3, 0.4) is 0 Å². The lowest BCUT2D eigenvalue weighted by Gasteiger charge is -2.35. The minimum absolute atomic E-state index is 0.480. The van der Waals surface area contributed by atoms with Crippen LogP contribution in [0.5, 0.6) is 0 Å². The highest BCUT2D eigenvalue weighted by atomic mass is 19.1. The van der Waals surface area contributed by atoms with E-state index in [1.807, 2.05) is 41.8 Å². The molecular weight excluding hydrogens is 396 g/mol. The third-order valence-electron chi connectivity index (χ3n) is 5.84. The molecular formula is C24H23F2N5. The van der Waals surface area contributed by atoms with Crippen molar-refractivity contribution in [1.29, 1.82) is 0 Å². The summed E-state index contributed by atoms with van der Waals surface area (Å²) in [6, 6.07) is 17.9. The molecule has 0 amide bonds. The van der Waals surface area contributed by atoms with Crippen molar-refractivity contribution < 1.29 is 8.78 Å². The number of anilines is 1. The molecule has 0 unspecified atom stereocenters. The van der Waals surface area contributed by atoms with Gasteiger partial charge in [-0.25, -0.2) is 18.3 Å². The van der Waals surface area contributed by atoms with Gasteiger partial charge in [-0.3, -0.25) is 4.90 Å². The number of nitrogens with zero attached hydrogens (tertiary/aromatic N) is 5. The molecule has 0 atom stereocenters. The van der Waals surface area contributed by atoms with Crippen molar-refractivity contribution in [3.63, 3.8) is 0 Å². The van der Waals surface area contributed by atoms with Crippen LogP contribution in [-0.4, -0.2) is 45.7 Å². The molecule has 4 aromatic rings. The van der Waals surface area contributed by atoms with E-state index in [2.05, 4.69) is 21.9 Å². The van der Waals surface area contributed by atoms with E-state index in [9.17, 15) is 8.78 Å². The Balaban J connectivity index is 1.31. The summed E-state index contributed by atoms with van der Waals surface area (Å²) in [5.41, 5.74) is 4.38. The third-order valence-corrected chi connectivity index (χ3v) is 5.84. The predicted octanol–water partition coefficient (Wildman–Crippen LogP) is 4.31. The Labute approximate surface area is 179 Å². The predicted molar refractivity (Wildman–Crippen MR) is 117 cm³/mol. The van der Waals surface area contributed by atoms with Gasteiger partial charge in [0.05, 0.1) is 11.4 Å². The molecule has 0 spiro atoms. The number of hydrogen-bond acceptors (Lipinski definition) is 4. The van der Waals surface area contributed by atoms with Crippen molar-refractivity contribution in [2.45, 2.75) is 13.5 Å². The van der Waals surface area contributed by atoms with E-state index in [4.69, 9.17) is 10.1 Å². The first kappa shape index (κ1) is 19.6. The zero-order valence-corrected chi connectivity index (χ0v) is 17.3. The van der Waals surface area contributed by atoms with Crippen molar-refractivity contribution in [2.75, 3.05) is 31.1 Å². The number of halogens is 2. The lowest BCUT2D eigenvalue weighted by Crippen LogP contribution is -2.46. The standard InChI is InChI=1S/C24H23F2N5/c1-17-24(18-5-3-2-4-6-18)27-22-9-10-23(28-31(17)22)30-13-11-29(12-14-30)16-19-7-8-20(25)15-21(19)26/h2-10,15H,11-14,16H2,1H3. The van der Waals surface area contributed by atoms with E-state index in [1.54, 1.807) is 0 Å². The van der Waals surface area contributed by atoms with Crippen LogP contribution < -0.4 is 4.90 Å². The van der Waals surface area contributed by atoms with Crippen molar-refractivity contribution in [3.8, 4) is 11.3 Å². The molecule has 31 heavy (non-hydrogen) atoms. The van der Waals surface area contributed by atoms with Gasteiger partial charge in [0.25, 0.3) is 0 Å². The highest BCUT2D eigenvalue weighted by Crippen LogP contribution is 2.24. The van der Waals surface area contributed by atoms with Crippen LogP contribution in [0.1, 0.15) is 11.3 Å². The molecule has 1 fully saturated rings. The highest BCUT2D eigenvalue weighted by Gasteiger charge is 2.20. The largest absolute Gasteiger partial charge is 0.353 e. The first-order valence-corrected chi connectivity index (χ1v) is 10.4. The lowest BCUT2D eigenvalue weighted by atomic mass is 10.1. The zero-order valence-electron chi connectivity index (χ0n) is 17.3. The van der Waals surface area contributed by atoms with Crippen molar-refractivity contribution >= 4 is 11.5 Å². The molecule has 3 heterocycles. The van der Waals surface area contributed by atoms with Crippen LogP contribution in [-0.2, 0) is 6.54 Å². The SMILES string of the molecule is Cc1c(-c2ccccc2)nc2ccc(N3CCN(Cc4ccc(F)cc4F)CC3)nn12. The molecule has 0 bridgehead atoms. The third kappa shape index (κ3) is 3.88. The van der Waals surface area contributed by atoms with Crippen molar-refractivity contribution in [3.05, 3.63) is 83.6 Å². The molecule has 0 radical (unpaired) electrons. The molecule has 1 saturated heterocycles. The molecule has 1 aliphatic heterocycles. The monoisotopic (exact) mass is 419 g/mol. The fraction of sp³-hybridized carbons (Fsp3) is 0.250. The number of piperazine rings is 1. The highest BCUT2D eigenvalue weighted by molar-refractivity contribution is 5.66. The minimum Gasteiger partial charge on any atom is -0.353 e. The summed E-state index contributed by atoms with van der Waals surface area (Å²) in [6.07, 6.45) is 0. The summed E-state index contributed by atoms with van der Waals surface area (Å²) in [6.45, 7) is 5.67. The Kier molecular flexibility index (Phi) is 5.11. The van der Waals surface area contributed by atoms with Gasteiger partial charge < -0.3 is 4.90 Å². The molecule has 0 N–H and O–H groups in total. The van der Waals surface area contributed by atoms with E-state index in [1.165, 1.54) is 12.1 Å². The van der Waals surface area contributed by atoms with Crippen LogP contribution in [0.4, 0.5) is 14.6 Å². The van der Waals surface area contributed by atoms with E-state index in [0.29, 0.717) is 12.1 Å². The number of aromatic nitrogens is 3. The maximum atomic E-state index is 14.0. The fourth-order valence-corrected chi connectivity index (χ4v) is 4.10. The van der Waals surface area contributed by atoms with Crippen molar-refractivity contribution in [2.24, 2.45) is 0 Å². The van der Waals surface area contributed by atoms with Crippen LogP contribution in [0.2, 0.25) is 0 Å². The molecule has 158 valence electrons. The Morgan fingerprint density at radius 3 is 2.42 bits per heavy atom. The summed E-state index contributed by atoms with van der Waals surface area (Å²) in [4.78, 5) is 9.17. The summed E-state index contributed by atoms with van der Waals surface area (Å²) >= 11 is 0. The molecule has 1 aliphatic rings.